The molecule has 0 saturated heterocycles. The van der Waals surface area contributed by atoms with E-state index in [2.05, 4.69) is 5.43 Å². The third kappa shape index (κ3) is 5.16. The maximum absolute atomic E-state index is 10.9. The van der Waals surface area contributed by atoms with Crippen molar-refractivity contribution >= 4 is 5.91 Å². The van der Waals surface area contributed by atoms with Crippen LogP contribution in [0.25, 0.3) is 0 Å². The number of hydrazine groups is 1. The van der Waals surface area contributed by atoms with Crippen molar-refractivity contribution in [1.82, 2.24) is 10.3 Å². The quantitative estimate of drug-likeness (QED) is 0.248. The Hall–Kier alpha value is -0.650. The molecule has 1 saturated carbocycles. The Bertz CT molecular complexity index is 183. The van der Waals surface area contributed by atoms with E-state index in [0.29, 0.717) is 13.2 Å². The van der Waals surface area contributed by atoms with E-state index < -0.39 is 0 Å². The first-order valence-electron chi connectivity index (χ1n) is 4.98. The molecule has 1 aliphatic rings. The van der Waals surface area contributed by atoms with Gasteiger partial charge in [-0.15, -0.1) is 0 Å². The zero-order valence-electron chi connectivity index (χ0n) is 8.66. The highest BCUT2D eigenvalue weighted by Crippen LogP contribution is 2.28. The standard InChI is InChI=1S/C9H19N3O2/c1-12(6-9(13)11-10)4-5-14-7-8-2-3-8/h8H,2-7,10H2,1H3,(H,11,13). The van der Waals surface area contributed by atoms with Gasteiger partial charge in [0.2, 0.25) is 5.91 Å². The van der Waals surface area contributed by atoms with Crippen LogP contribution in [0.1, 0.15) is 12.8 Å². The molecule has 0 aromatic heterocycles. The van der Waals surface area contributed by atoms with Crippen LogP contribution in [0, 0.1) is 5.92 Å². The van der Waals surface area contributed by atoms with Crippen molar-refractivity contribution in [2.75, 3.05) is 33.4 Å². The normalized spacial score (nSPS) is 15.9. The fourth-order valence-corrected chi connectivity index (χ4v) is 1.12. The van der Waals surface area contributed by atoms with Gasteiger partial charge in [0.25, 0.3) is 0 Å². The van der Waals surface area contributed by atoms with Gasteiger partial charge < -0.3 is 4.74 Å². The Morgan fingerprint density at radius 3 is 2.93 bits per heavy atom. The van der Waals surface area contributed by atoms with Gasteiger partial charge in [-0.3, -0.25) is 15.1 Å². The number of nitrogens with zero attached hydrogens (tertiary/aromatic N) is 1. The topological polar surface area (TPSA) is 67.6 Å². The van der Waals surface area contributed by atoms with Gasteiger partial charge >= 0.3 is 0 Å². The van der Waals surface area contributed by atoms with Gasteiger partial charge in [-0.25, -0.2) is 5.84 Å². The molecule has 1 aliphatic carbocycles. The lowest BCUT2D eigenvalue weighted by atomic mass is 10.4. The van der Waals surface area contributed by atoms with Crippen molar-refractivity contribution in [1.29, 1.82) is 0 Å². The van der Waals surface area contributed by atoms with E-state index in [1.54, 1.807) is 0 Å². The average Bonchev–Trinajstić information content (AvgIpc) is 2.96. The number of carbonyl (C=O) groups is 1. The second-order valence-electron chi connectivity index (χ2n) is 3.82. The van der Waals surface area contributed by atoms with Crippen molar-refractivity contribution in [3.63, 3.8) is 0 Å². The molecule has 82 valence electrons. The fraction of sp³-hybridized carbons (Fsp3) is 0.889. The summed E-state index contributed by atoms with van der Waals surface area (Å²) in [4.78, 5) is 12.7. The largest absolute Gasteiger partial charge is 0.380 e. The van der Waals surface area contributed by atoms with Crippen LogP contribution in [0.15, 0.2) is 0 Å². The second kappa shape index (κ2) is 5.95. The van der Waals surface area contributed by atoms with Gasteiger partial charge in [0, 0.05) is 13.2 Å². The lowest BCUT2D eigenvalue weighted by molar-refractivity contribution is -0.122. The first kappa shape index (κ1) is 11.4. The molecule has 0 aromatic rings. The van der Waals surface area contributed by atoms with Gasteiger partial charge in [0.1, 0.15) is 0 Å². The Morgan fingerprint density at radius 1 is 1.64 bits per heavy atom. The maximum atomic E-state index is 10.9. The van der Waals surface area contributed by atoms with E-state index in [9.17, 15) is 4.79 Å². The molecule has 3 N–H and O–H groups in total. The molecule has 1 fully saturated rings. The summed E-state index contributed by atoms with van der Waals surface area (Å²) in [7, 11) is 1.87. The van der Waals surface area contributed by atoms with Crippen molar-refractivity contribution in [2.45, 2.75) is 12.8 Å². The number of hydrogen-bond donors (Lipinski definition) is 2. The predicted molar refractivity (Wildman–Crippen MR) is 53.4 cm³/mol. The van der Waals surface area contributed by atoms with Crippen LogP contribution in [0.5, 0.6) is 0 Å². The zero-order valence-corrected chi connectivity index (χ0v) is 8.66. The third-order valence-corrected chi connectivity index (χ3v) is 2.24. The first-order valence-corrected chi connectivity index (χ1v) is 4.98. The predicted octanol–water partition coefficient (Wildman–Crippen LogP) is -0.665. The highest BCUT2D eigenvalue weighted by Gasteiger charge is 2.20. The smallest absolute Gasteiger partial charge is 0.248 e. The maximum Gasteiger partial charge on any atom is 0.248 e. The highest BCUT2D eigenvalue weighted by atomic mass is 16.5. The minimum Gasteiger partial charge on any atom is -0.380 e. The van der Waals surface area contributed by atoms with E-state index in [1.165, 1.54) is 12.8 Å². The van der Waals surface area contributed by atoms with Crippen LogP contribution in [-0.4, -0.2) is 44.2 Å². The number of rotatable bonds is 7. The SMILES string of the molecule is CN(CCOCC1CC1)CC(=O)NN. The molecule has 0 bridgehead atoms. The number of likely N-dealkylation sites (N-methyl/N-ethyl adjacent to an activating group) is 1. The van der Waals surface area contributed by atoms with Crippen LogP contribution in [0.4, 0.5) is 0 Å². The summed E-state index contributed by atoms with van der Waals surface area (Å²) in [6.07, 6.45) is 2.62. The summed E-state index contributed by atoms with van der Waals surface area (Å²) in [6, 6.07) is 0. The van der Waals surface area contributed by atoms with Crippen LogP contribution in [-0.2, 0) is 9.53 Å². The number of nitrogens with one attached hydrogen (secondary N) is 1. The Labute approximate surface area is 84.5 Å². The van der Waals surface area contributed by atoms with Gasteiger partial charge in [-0.1, -0.05) is 0 Å². The zero-order chi connectivity index (χ0) is 10.4. The molecule has 0 spiro atoms. The molecule has 1 amide bonds. The molecule has 5 heteroatoms. The lowest BCUT2D eigenvalue weighted by Gasteiger charge is -2.14. The summed E-state index contributed by atoms with van der Waals surface area (Å²) < 4.78 is 5.44. The van der Waals surface area contributed by atoms with E-state index in [-0.39, 0.29) is 5.91 Å². The second-order valence-corrected chi connectivity index (χ2v) is 3.82. The summed E-state index contributed by atoms with van der Waals surface area (Å²) in [5, 5.41) is 0. The molecular weight excluding hydrogens is 182 g/mol. The van der Waals surface area contributed by atoms with E-state index >= 15 is 0 Å². The van der Waals surface area contributed by atoms with Gasteiger partial charge in [0.15, 0.2) is 0 Å². The molecule has 0 radical (unpaired) electrons. The van der Waals surface area contributed by atoms with Gasteiger partial charge in [-0.05, 0) is 25.8 Å². The molecule has 0 aliphatic heterocycles. The number of hydrogen-bond acceptors (Lipinski definition) is 4. The molecule has 0 unspecified atom stereocenters. The lowest BCUT2D eigenvalue weighted by Crippen LogP contribution is -2.39. The summed E-state index contributed by atoms with van der Waals surface area (Å²) in [6.45, 7) is 2.64. The van der Waals surface area contributed by atoms with Crippen LogP contribution < -0.4 is 11.3 Å². The molecule has 5 nitrogen and oxygen atoms in total. The number of nitrogens with two attached hydrogens (primary N) is 1. The highest BCUT2D eigenvalue weighted by molar-refractivity contribution is 5.77. The van der Waals surface area contributed by atoms with Gasteiger partial charge in [0.05, 0.1) is 13.2 Å². The van der Waals surface area contributed by atoms with Crippen LogP contribution in [0.3, 0.4) is 0 Å². The first-order chi connectivity index (χ1) is 6.72. The van der Waals surface area contributed by atoms with Crippen molar-refractivity contribution in [3.8, 4) is 0 Å². The minimum atomic E-state index is -0.172. The average molecular weight is 201 g/mol. The van der Waals surface area contributed by atoms with Crippen LogP contribution in [0.2, 0.25) is 0 Å². The Morgan fingerprint density at radius 2 is 2.36 bits per heavy atom. The Balaban J connectivity index is 1.90. The molecule has 0 aromatic carbocycles. The Kier molecular flexibility index (Phi) is 4.86. The minimum absolute atomic E-state index is 0.172. The molecule has 0 atom stereocenters. The molecule has 0 heterocycles. The monoisotopic (exact) mass is 201 g/mol. The van der Waals surface area contributed by atoms with Crippen molar-refractivity contribution in [3.05, 3.63) is 0 Å². The third-order valence-electron chi connectivity index (χ3n) is 2.24. The molecular formula is C9H19N3O2. The summed E-state index contributed by atoms with van der Waals surface area (Å²) in [5.74, 6) is 5.59. The van der Waals surface area contributed by atoms with E-state index in [1.807, 2.05) is 11.9 Å². The molecule has 14 heavy (non-hydrogen) atoms. The van der Waals surface area contributed by atoms with Crippen LogP contribution >= 0.6 is 0 Å². The number of ether oxygens (including phenoxy) is 1. The fourth-order valence-electron chi connectivity index (χ4n) is 1.12. The van der Waals surface area contributed by atoms with E-state index in [0.717, 1.165) is 19.1 Å². The molecule has 1 rings (SSSR count). The van der Waals surface area contributed by atoms with Gasteiger partial charge in [-0.2, -0.15) is 0 Å². The number of carbonyl (C=O) groups excluding carboxylic acids is 1. The van der Waals surface area contributed by atoms with E-state index in [4.69, 9.17) is 10.6 Å². The summed E-state index contributed by atoms with van der Waals surface area (Å²) >= 11 is 0. The summed E-state index contributed by atoms with van der Waals surface area (Å²) in [5.41, 5.74) is 2.09. The number of amides is 1. The van der Waals surface area contributed by atoms with Crippen molar-refractivity contribution in [2.24, 2.45) is 11.8 Å². The van der Waals surface area contributed by atoms with Crippen molar-refractivity contribution < 1.29 is 9.53 Å².